The van der Waals surface area contributed by atoms with Gasteiger partial charge in [0.25, 0.3) is 0 Å². The Labute approximate surface area is 88.8 Å². The maximum Gasteiger partial charge on any atom is 0.123 e. The molecule has 0 heterocycles. The second-order valence-electron chi connectivity index (χ2n) is 3.74. The van der Waals surface area contributed by atoms with Crippen LogP contribution in [0.3, 0.4) is 0 Å². The molecule has 0 amide bonds. The van der Waals surface area contributed by atoms with Crippen molar-refractivity contribution in [1.82, 2.24) is 0 Å². The summed E-state index contributed by atoms with van der Waals surface area (Å²) in [6.45, 7) is 2.09. The lowest BCUT2D eigenvalue weighted by molar-refractivity contribution is 0.475. The fraction of sp³-hybridized carbons (Fsp3) is 0.231. The molecule has 0 aromatic heterocycles. The molecule has 2 aromatic carbocycles. The number of fused-ring (bicyclic) bond motifs is 1. The summed E-state index contributed by atoms with van der Waals surface area (Å²) < 4.78 is 0. The van der Waals surface area contributed by atoms with Gasteiger partial charge in [0.15, 0.2) is 0 Å². The van der Waals surface area contributed by atoms with Crippen LogP contribution in [-0.2, 0) is 6.42 Å². The van der Waals surface area contributed by atoms with Gasteiger partial charge in [0, 0.05) is 10.8 Å². The lowest BCUT2D eigenvalue weighted by Crippen LogP contribution is -1.84. The highest BCUT2D eigenvalue weighted by Crippen LogP contribution is 2.32. The van der Waals surface area contributed by atoms with Crippen LogP contribution >= 0.6 is 0 Å². The average molecular weight is 202 g/mol. The summed E-state index contributed by atoms with van der Waals surface area (Å²) in [6, 6.07) is 8.88. The first-order chi connectivity index (χ1) is 7.22. The van der Waals surface area contributed by atoms with Gasteiger partial charge in [-0.3, -0.25) is 0 Å². The minimum Gasteiger partial charge on any atom is -0.507 e. The first kappa shape index (κ1) is 9.84. The van der Waals surface area contributed by atoms with E-state index in [1.165, 1.54) is 0 Å². The van der Waals surface area contributed by atoms with Gasteiger partial charge in [-0.2, -0.15) is 0 Å². The van der Waals surface area contributed by atoms with E-state index in [1.54, 1.807) is 24.3 Å². The zero-order chi connectivity index (χ0) is 10.8. The van der Waals surface area contributed by atoms with Crippen molar-refractivity contribution in [3.8, 4) is 11.5 Å². The number of aryl methyl sites for hydroxylation is 1. The molecule has 0 saturated carbocycles. The van der Waals surface area contributed by atoms with Crippen LogP contribution in [0.2, 0.25) is 0 Å². The van der Waals surface area contributed by atoms with E-state index in [-0.39, 0.29) is 11.5 Å². The fourth-order valence-electron chi connectivity index (χ4n) is 1.84. The average Bonchev–Trinajstić information content (AvgIpc) is 2.20. The number of hydrogen-bond donors (Lipinski definition) is 2. The van der Waals surface area contributed by atoms with Gasteiger partial charge < -0.3 is 10.2 Å². The zero-order valence-corrected chi connectivity index (χ0v) is 8.70. The van der Waals surface area contributed by atoms with E-state index in [2.05, 4.69) is 6.92 Å². The van der Waals surface area contributed by atoms with Gasteiger partial charge >= 0.3 is 0 Å². The summed E-state index contributed by atoms with van der Waals surface area (Å²) in [5.74, 6) is 0.465. The van der Waals surface area contributed by atoms with E-state index in [4.69, 9.17) is 0 Å². The second kappa shape index (κ2) is 3.81. The molecule has 0 bridgehead atoms. The first-order valence-electron chi connectivity index (χ1n) is 5.16. The van der Waals surface area contributed by atoms with Gasteiger partial charge in [-0.05, 0) is 30.2 Å². The molecule has 2 heteroatoms. The van der Waals surface area contributed by atoms with Gasteiger partial charge in [0.2, 0.25) is 0 Å². The Bertz CT molecular complexity index is 489. The predicted octanol–water partition coefficient (Wildman–Crippen LogP) is 3.20. The summed E-state index contributed by atoms with van der Waals surface area (Å²) in [6.07, 6.45) is 1.94. The van der Waals surface area contributed by atoms with Crippen molar-refractivity contribution in [1.29, 1.82) is 0 Å². The Hall–Kier alpha value is -1.70. The van der Waals surface area contributed by atoms with Crippen LogP contribution in [0.15, 0.2) is 30.3 Å². The van der Waals surface area contributed by atoms with Crippen LogP contribution in [0.1, 0.15) is 18.9 Å². The lowest BCUT2D eigenvalue weighted by Gasteiger charge is -2.06. The molecule has 0 aliphatic rings. The molecule has 0 saturated heterocycles. The van der Waals surface area contributed by atoms with Gasteiger partial charge in [-0.15, -0.1) is 0 Å². The number of hydrogen-bond acceptors (Lipinski definition) is 2. The Morgan fingerprint density at radius 2 is 1.80 bits per heavy atom. The molecular weight excluding hydrogens is 188 g/mol. The van der Waals surface area contributed by atoms with E-state index in [0.29, 0.717) is 5.39 Å². The standard InChI is InChI=1S/C13H14O2/c1-2-4-9-7-11-10(13(15)8-9)5-3-6-12(11)14/h3,5-8,14-15H,2,4H2,1H3. The quantitative estimate of drug-likeness (QED) is 0.785. The normalized spacial score (nSPS) is 10.7. The molecule has 2 nitrogen and oxygen atoms in total. The van der Waals surface area contributed by atoms with Crippen LogP contribution in [0, 0.1) is 0 Å². The van der Waals surface area contributed by atoms with Crippen molar-refractivity contribution in [2.45, 2.75) is 19.8 Å². The third-order valence-electron chi connectivity index (χ3n) is 2.55. The maximum absolute atomic E-state index is 9.79. The summed E-state index contributed by atoms with van der Waals surface area (Å²) >= 11 is 0. The Morgan fingerprint density at radius 3 is 2.53 bits per heavy atom. The zero-order valence-electron chi connectivity index (χ0n) is 8.70. The van der Waals surface area contributed by atoms with Crippen molar-refractivity contribution < 1.29 is 10.2 Å². The van der Waals surface area contributed by atoms with Crippen LogP contribution in [-0.4, -0.2) is 10.2 Å². The third kappa shape index (κ3) is 1.75. The summed E-state index contributed by atoms with van der Waals surface area (Å²) in [5.41, 5.74) is 1.06. The fourth-order valence-corrected chi connectivity index (χ4v) is 1.84. The summed E-state index contributed by atoms with van der Waals surface area (Å²) in [7, 11) is 0. The minimum absolute atomic E-state index is 0.223. The van der Waals surface area contributed by atoms with Gasteiger partial charge in [0.1, 0.15) is 11.5 Å². The molecule has 15 heavy (non-hydrogen) atoms. The van der Waals surface area contributed by atoms with E-state index in [0.717, 1.165) is 23.8 Å². The number of benzene rings is 2. The lowest BCUT2D eigenvalue weighted by atomic mass is 10.0. The first-order valence-corrected chi connectivity index (χ1v) is 5.16. The van der Waals surface area contributed by atoms with E-state index >= 15 is 0 Å². The smallest absolute Gasteiger partial charge is 0.123 e. The van der Waals surface area contributed by atoms with Crippen molar-refractivity contribution in [3.63, 3.8) is 0 Å². The molecule has 0 fully saturated rings. The monoisotopic (exact) mass is 202 g/mol. The van der Waals surface area contributed by atoms with Gasteiger partial charge in [0.05, 0.1) is 0 Å². The summed E-state index contributed by atoms with van der Waals surface area (Å²) in [5, 5.41) is 20.9. The number of rotatable bonds is 2. The molecule has 78 valence electrons. The molecule has 2 rings (SSSR count). The highest BCUT2D eigenvalue weighted by molar-refractivity contribution is 5.93. The van der Waals surface area contributed by atoms with E-state index < -0.39 is 0 Å². The maximum atomic E-state index is 9.79. The highest BCUT2D eigenvalue weighted by atomic mass is 16.3. The second-order valence-corrected chi connectivity index (χ2v) is 3.74. The Kier molecular flexibility index (Phi) is 2.50. The molecule has 0 aliphatic heterocycles. The predicted molar refractivity (Wildman–Crippen MR) is 61.3 cm³/mol. The third-order valence-corrected chi connectivity index (χ3v) is 2.55. The molecular formula is C13H14O2. The molecule has 2 N–H and O–H groups in total. The van der Waals surface area contributed by atoms with Crippen LogP contribution in [0.25, 0.3) is 10.8 Å². The molecule has 0 unspecified atom stereocenters. The molecule has 2 aromatic rings. The highest BCUT2D eigenvalue weighted by Gasteiger charge is 2.05. The van der Waals surface area contributed by atoms with Crippen molar-refractivity contribution >= 4 is 10.8 Å². The molecule has 0 radical (unpaired) electrons. The Morgan fingerprint density at radius 1 is 1.00 bits per heavy atom. The summed E-state index contributed by atoms with van der Waals surface area (Å²) in [4.78, 5) is 0. The van der Waals surface area contributed by atoms with Gasteiger partial charge in [-0.25, -0.2) is 0 Å². The van der Waals surface area contributed by atoms with Crippen LogP contribution in [0.4, 0.5) is 0 Å². The number of phenols is 2. The van der Waals surface area contributed by atoms with Crippen molar-refractivity contribution in [2.24, 2.45) is 0 Å². The largest absolute Gasteiger partial charge is 0.507 e. The van der Waals surface area contributed by atoms with Crippen molar-refractivity contribution in [3.05, 3.63) is 35.9 Å². The van der Waals surface area contributed by atoms with E-state index in [9.17, 15) is 10.2 Å². The number of phenolic OH excluding ortho intramolecular Hbond substituents is 2. The topological polar surface area (TPSA) is 40.5 Å². The van der Waals surface area contributed by atoms with Crippen LogP contribution < -0.4 is 0 Å². The number of aromatic hydroxyl groups is 2. The van der Waals surface area contributed by atoms with Gasteiger partial charge in [-0.1, -0.05) is 25.5 Å². The molecule has 0 atom stereocenters. The van der Waals surface area contributed by atoms with Crippen LogP contribution in [0.5, 0.6) is 11.5 Å². The molecule has 0 spiro atoms. The SMILES string of the molecule is CCCc1cc(O)c2cccc(O)c2c1. The molecule has 0 aliphatic carbocycles. The van der Waals surface area contributed by atoms with E-state index in [1.807, 2.05) is 6.07 Å². The van der Waals surface area contributed by atoms with Crippen molar-refractivity contribution in [2.75, 3.05) is 0 Å². The minimum atomic E-state index is 0.223. The Balaban J connectivity index is 2.68.